The van der Waals surface area contributed by atoms with E-state index in [1.807, 2.05) is 0 Å². The van der Waals surface area contributed by atoms with E-state index in [0.29, 0.717) is 12.0 Å². The second-order valence-corrected chi connectivity index (χ2v) is 4.25. The van der Waals surface area contributed by atoms with Gasteiger partial charge in [-0.2, -0.15) is 0 Å². The highest BCUT2D eigenvalue weighted by Gasteiger charge is 2.26. The summed E-state index contributed by atoms with van der Waals surface area (Å²) in [5.41, 5.74) is 5.90. The van der Waals surface area contributed by atoms with Crippen LogP contribution in [0.15, 0.2) is 0 Å². The molecule has 2 nitrogen and oxygen atoms in total. The summed E-state index contributed by atoms with van der Waals surface area (Å²) in [7, 11) is 0. The van der Waals surface area contributed by atoms with Crippen molar-refractivity contribution in [3.05, 3.63) is 0 Å². The summed E-state index contributed by atoms with van der Waals surface area (Å²) in [6, 6.07) is 0.411. The van der Waals surface area contributed by atoms with Crippen LogP contribution in [0.1, 0.15) is 20.8 Å². The zero-order valence-electron chi connectivity index (χ0n) is 7.88. The summed E-state index contributed by atoms with van der Waals surface area (Å²) < 4.78 is 0. The van der Waals surface area contributed by atoms with Gasteiger partial charge in [0.25, 0.3) is 0 Å². The molecule has 66 valence electrons. The van der Waals surface area contributed by atoms with Crippen LogP contribution in [0.2, 0.25) is 0 Å². The zero-order valence-corrected chi connectivity index (χ0v) is 7.88. The molecule has 1 heterocycles. The molecule has 2 unspecified atom stereocenters. The number of hydrogen-bond donors (Lipinski definition) is 1. The van der Waals surface area contributed by atoms with Crippen molar-refractivity contribution >= 4 is 0 Å². The summed E-state index contributed by atoms with van der Waals surface area (Å²) in [6.45, 7) is 10.3. The van der Waals surface area contributed by atoms with Gasteiger partial charge in [-0.1, -0.05) is 20.8 Å². The van der Waals surface area contributed by atoms with E-state index in [1.54, 1.807) is 0 Å². The van der Waals surface area contributed by atoms with E-state index in [-0.39, 0.29) is 0 Å². The minimum absolute atomic E-state index is 0.411. The van der Waals surface area contributed by atoms with Gasteiger partial charge in [0.05, 0.1) is 0 Å². The molecule has 0 aliphatic carbocycles. The van der Waals surface area contributed by atoms with Crippen molar-refractivity contribution in [3.63, 3.8) is 0 Å². The van der Waals surface area contributed by atoms with E-state index in [0.717, 1.165) is 12.5 Å². The van der Waals surface area contributed by atoms with Gasteiger partial charge in [0.2, 0.25) is 0 Å². The molecule has 0 spiro atoms. The standard InChI is InChI=1S/C9H20N2/c1-7(2)4-11-5-8(3)9(10)6-11/h7-9H,4-6,10H2,1-3H3. The lowest BCUT2D eigenvalue weighted by atomic mass is 10.1. The second-order valence-electron chi connectivity index (χ2n) is 4.25. The summed E-state index contributed by atoms with van der Waals surface area (Å²) in [5.74, 6) is 1.46. The summed E-state index contributed by atoms with van der Waals surface area (Å²) in [5, 5.41) is 0. The maximum absolute atomic E-state index is 5.90. The van der Waals surface area contributed by atoms with Crippen LogP contribution >= 0.6 is 0 Å². The van der Waals surface area contributed by atoms with Gasteiger partial charge in [0.1, 0.15) is 0 Å². The van der Waals surface area contributed by atoms with Crippen molar-refractivity contribution in [1.29, 1.82) is 0 Å². The van der Waals surface area contributed by atoms with Gasteiger partial charge in [-0.05, 0) is 11.8 Å². The molecule has 1 aliphatic rings. The van der Waals surface area contributed by atoms with Gasteiger partial charge in [0.15, 0.2) is 0 Å². The third-order valence-electron chi connectivity index (χ3n) is 2.37. The van der Waals surface area contributed by atoms with Crippen LogP contribution in [-0.4, -0.2) is 30.6 Å². The molecule has 1 aliphatic heterocycles. The first kappa shape index (κ1) is 9.01. The maximum atomic E-state index is 5.90. The lowest BCUT2D eigenvalue weighted by Gasteiger charge is -2.17. The van der Waals surface area contributed by atoms with E-state index >= 15 is 0 Å². The van der Waals surface area contributed by atoms with Crippen molar-refractivity contribution in [2.75, 3.05) is 19.6 Å². The van der Waals surface area contributed by atoms with Gasteiger partial charge in [0, 0.05) is 25.7 Å². The summed E-state index contributed by atoms with van der Waals surface area (Å²) in [6.07, 6.45) is 0. The van der Waals surface area contributed by atoms with Crippen LogP contribution in [0.3, 0.4) is 0 Å². The molecule has 2 atom stereocenters. The van der Waals surface area contributed by atoms with E-state index in [4.69, 9.17) is 5.73 Å². The van der Waals surface area contributed by atoms with E-state index in [1.165, 1.54) is 13.1 Å². The predicted octanol–water partition coefficient (Wildman–Crippen LogP) is 0.921. The Kier molecular flexibility index (Phi) is 2.90. The summed E-state index contributed by atoms with van der Waals surface area (Å²) in [4.78, 5) is 2.47. The number of nitrogens with two attached hydrogens (primary N) is 1. The predicted molar refractivity (Wildman–Crippen MR) is 48.4 cm³/mol. The van der Waals surface area contributed by atoms with Gasteiger partial charge >= 0.3 is 0 Å². The van der Waals surface area contributed by atoms with Gasteiger partial charge in [-0.15, -0.1) is 0 Å². The third-order valence-corrected chi connectivity index (χ3v) is 2.37. The fourth-order valence-electron chi connectivity index (χ4n) is 1.76. The molecule has 0 saturated carbocycles. The Morgan fingerprint density at radius 3 is 2.45 bits per heavy atom. The average Bonchev–Trinajstić information content (AvgIpc) is 2.10. The van der Waals surface area contributed by atoms with Gasteiger partial charge < -0.3 is 10.6 Å². The molecule has 2 N–H and O–H groups in total. The van der Waals surface area contributed by atoms with E-state index in [2.05, 4.69) is 25.7 Å². The highest BCUT2D eigenvalue weighted by atomic mass is 15.2. The number of nitrogens with zero attached hydrogens (tertiary/aromatic N) is 1. The zero-order chi connectivity index (χ0) is 8.43. The highest BCUT2D eigenvalue weighted by Crippen LogP contribution is 2.15. The molecular weight excluding hydrogens is 136 g/mol. The number of likely N-dealkylation sites (tertiary alicyclic amines) is 1. The average molecular weight is 156 g/mol. The fourth-order valence-corrected chi connectivity index (χ4v) is 1.76. The Morgan fingerprint density at radius 1 is 1.45 bits per heavy atom. The molecule has 0 aromatic carbocycles. The molecule has 1 saturated heterocycles. The lowest BCUT2D eigenvalue weighted by Crippen LogP contribution is -2.30. The first-order chi connectivity index (χ1) is 5.09. The first-order valence-corrected chi connectivity index (χ1v) is 4.57. The van der Waals surface area contributed by atoms with Crippen LogP contribution in [0.5, 0.6) is 0 Å². The van der Waals surface area contributed by atoms with Crippen LogP contribution in [-0.2, 0) is 0 Å². The molecule has 0 aromatic rings. The molecule has 1 fully saturated rings. The third kappa shape index (κ3) is 2.46. The van der Waals surface area contributed by atoms with Crippen LogP contribution in [0.25, 0.3) is 0 Å². The molecule has 0 aromatic heterocycles. The molecule has 0 radical (unpaired) electrons. The fraction of sp³-hybridized carbons (Fsp3) is 1.00. The Labute approximate surface area is 69.8 Å². The Balaban J connectivity index is 2.29. The SMILES string of the molecule is CC(C)CN1CC(C)C(N)C1. The summed E-state index contributed by atoms with van der Waals surface area (Å²) >= 11 is 0. The van der Waals surface area contributed by atoms with Crippen molar-refractivity contribution in [1.82, 2.24) is 4.90 Å². The van der Waals surface area contributed by atoms with Crippen molar-refractivity contribution in [2.24, 2.45) is 17.6 Å². The van der Waals surface area contributed by atoms with Crippen LogP contribution in [0, 0.1) is 11.8 Å². The topological polar surface area (TPSA) is 29.3 Å². The lowest BCUT2D eigenvalue weighted by molar-refractivity contribution is 0.288. The Morgan fingerprint density at radius 2 is 2.09 bits per heavy atom. The van der Waals surface area contributed by atoms with Crippen molar-refractivity contribution in [3.8, 4) is 0 Å². The van der Waals surface area contributed by atoms with Crippen LogP contribution < -0.4 is 5.73 Å². The van der Waals surface area contributed by atoms with Gasteiger partial charge in [-0.3, -0.25) is 0 Å². The molecule has 11 heavy (non-hydrogen) atoms. The minimum Gasteiger partial charge on any atom is -0.326 e. The quantitative estimate of drug-likeness (QED) is 0.644. The van der Waals surface area contributed by atoms with Crippen LogP contribution in [0.4, 0.5) is 0 Å². The van der Waals surface area contributed by atoms with Crippen molar-refractivity contribution < 1.29 is 0 Å². The number of rotatable bonds is 2. The molecular formula is C9H20N2. The maximum Gasteiger partial charge on any atom is 0.0206 e. The molecule has 2 heteroatoms. The minimum atomic E-state index is 0.411. The molecule has 1 rings (SSSR count). The second kappa shape index (κ2) is 3.55. The molecule has 0 bridgehead atoms. The Hall–Kier alpha value is -0.0800. The number of hydrogen-bond acceptors (Lipinski definition) is 2. The normalized spacial score (nSPS) is 33.5. The van der Waals surface area contributed by atoms with Gasteiger partial charge in [-0.25, -0.2) is 0 Å². The van der Waals surface area contributed by atoms with Crippen molar-refractivity contribution in [2.45, 2.75) is 26.8 Å². The molecule has 0 amide bonds. The Bertz CT molecular complexity index is 110. The van der Waals surface area contributed by atoms with E-state index in [9.17, 15) is 0 Å². The highest BCUT2D eigenvalue weighted by molar-refractivity contribution is 4.84. The largest absolute Gasteiger partial charge is 0.326 e. The van der Waals surface area contributed by atoms with E-state index < -0.39 is 0 Å². The monoisotopic (exact) mass is 156 g/mol. The first-order valence-electron chi connectivity index (χ1n) is 4.57. The smallest absolute Gasteiger partial charge is 0.0206 e.